The zero-order chi connectivity index (χ0) is 15.0. The van der Waals surface area contributed by atoms with Gasteiger partial charge in [0, 0.05) is 19.6 Å². The van der Waals surface area contributed by atoms with Gasteiger partial charge in [0.05, 0.1) is 5.54 Å². The SMILES string of the molecule is C=CCN(CC=C)CC(N)(CCC)c1ccc(F)cc1. The van der Waals surface area contributed by atoms with Gasteiger partial charge in [-0.3, -0.25) is 4.90 Å². The molecule has 1 aromatic carbocycles. The summed E-state index contributed by atoms with van der Waals surface area (Å²) in [4.78, 5) is 2.19. The van der Waals surface area contributed by atoms with Gasteiger partial charge in [0.2, 0.25) is 0 Å². The summed E-state index contributed by atoms with van der Waals surface area (Å²) in [6.45, 7) is 11.9. The Morgan fingerprint density at radius 3 is 2.20 bits per heavy atom. The van der Waals surface area contributed by atoms with Gasteiger partial charge in [-0.1, -0.05) is 37.6 Å². The average molecular weight is 276 g/mol. The second-order valence-electron chi connectivity index (χ2n) is 5.18. The molecule has 0 aliphatic carbocycles. The molecule has 0 aromatic heterocycles. The van der Waals surface area contributed by atoms with Crippen LogP contribution < -0.4 is 5.73 Å². The first-order valence-electron chi connectivity index (χ1n) is 7.04. The zero-order valence-corrected chi connectivity index (χ0v) is 12.3. The maximum atomic E-state index is 13.1. The van der Waals surface area contributed by atoms with Crippen molar-refractivity contribution < 1.29 is 4.39 Å². The summed E-state index contributed by atoms with van der Waals surface area (Å²) in [5, 5.41) is 0. The summed E-state index contributed by atoms with van der Waals surface area (Å²) in [6, 6.07) is 6.51. The lowest BCUT2D eigenvalue weighted by molar-refractivity contribution is 0.233. The summed E-state index contributed by atoms with van der Waals surface area (Å²) in [5.74, 6) is -0.235. The number of hydrogen-bond acceptors (Lipinski definition) is 2. The van der Waals surface area contributed by atoms with Crippen LogP contribution in [0.3, 0.4) is 0 Å². The van der Waals surface area contributed by atoms with Crippen LogP contribution in [-0.4, -0.2) is 24.5 Å². The van der Waals surface area contributed by atoms with E-state index in [1.807, 2.05) is 12.2 Å². The fourth-order valence-electron chi connectivity index (χ4n) is 2.51. The molecule has 2 nitrogen and oxygen atoms in total. The Morgan fingerprint density at radius 2 is 1.75 bits per heavy atom. The van der Waals surface area contributed by atoms with Crippen molar-refractivity contribution in [1.29, 1.82) is 0 Å². The lowest BCUT2D eigenvalue weighted by Gasteiger charge is -2.35. The highest BCUT2D eigenvalue weighted by atomic mass is 19.1. The summed E-state index contributed by atoms with van der Waals surface area (Å²) in [7, 11) is 0. The van der Waals surface area contributed by atoms with E-state index in [2.05, 4.69) is 25.0 Å². The van der Waals surface area contributed by atoms with Crippen LogP contribution in [0.4, 0.5) is 4.39 Å². The van der Waals surface area contributed by atoms with Crippen molar-refractivity contribution in [3.8, 4) is 0 Å². The van der Waals surface area contributed by atoms with E-state index < -0.39 is 5.54 Å². The van der Waals surface area contributed by atoms with Crippen LogP contribution in [0.1, 0.15) is 25.3 Å². The fraction of sp³-hybridized carbons (Fsp3) is 0.412. The van der Waals surface area contributed by atoms with E-state index in [1.165, 1.54) is 12.1 Å². The van der Waals surface area contributed by atoms with Gasteiger partial charge in [0.1, 0.15) is 5.82 Å². The minimum Gasteiger partial charge on any atom is -0.320 e. The van der Waals surface area contributed by atoms with Crippen molar-refractivity contribution in [2.45, 2.75) is 25.3 Å². The third kappa shape index (κ3) is 4.58. The molecule has 0 radical (unpaired) electrons. The molecule has 1 unspecified atom stereocenters. The van der Waals surface area contributed by atoms with Gasteiger partial charge in [0.15, 0.2) is 0 Å². The second-order valence-corrected chi connectivity index (χ2v) is 5.18. The summed E-state index contributed by atoms with van der Waals surface area (Å²) >= 11 is 0. The van der Waals surface area contributed by atoms with Gasteiger partial charge in [-0.2, -0.15) is 0 Å². The largest absolute Gasteiger partial charge is 0.320 e. The van der Waals surface area contributed by atoms with Crippen LogP contribution in [0.25, 0.3) is 0 Å². The van der Waals surface area contributed by atoms with Gasteiger partial charge in [0.25, 0.3) is 0 Å². The number of nitrogens with two attached hydrogens (primary N) is 1. The fourth-order valence-corrected chi connectivity index (χ4v) is 2.51. The summed E-state index contributed by atoms with van der Waals surface area (Å²) in [5.41, 5.74) is 7.10. The predicted octanol–water partition coefficient (Wildman–Crippen LogP) is 3.45. The Balaban J connectivity index is 2.97. The van der Waals surface area contributed by atoms with Crippen LogP contribution in [0.15, 0.2) is 49.6 Å². The number of rotatable bonds is 9. The average Bonchev–Trinajstić information content (AvgIpc) is 2.40. The standard InChI is InChI=1S/C17H25FN2/c1-4-11-17(19,14-20(12-5-2)13-6-3)15-7-9-16(18)10-8-15/h5-10H,2-4,11-14,19H2,1H3. The van der Waals surface area contributed by atoms with Crippen molar-refractivity contribution in [1.82, 2.24) is 4.90 Å². The molecule has 110 valence electrons. The Labute approximate surface area is 121 Å². The molecule has 0 fully saturated rings. The van der Waals surface area contributed by atoms with E-state index in [0.717, 1.165) is 31.5 Å². The van der Waals surface area contributed by atoms with E-state index in [4.69, 9.17) is 5.73 Å². The molecular weight excluding hydrogens is 251 g/mol. The highest BCUT2D eigenvalue weighted by Crippen LogP contribution is 2.25. The van der Waals surface area contributed by atoms with Crippen LogP contribution in [0, 0.1) is 5.82 Å². The first kappa shape index (κ1) is 16.6. The van der Waals surface area contributed by atoms with Crippen molar-refractivity contribution >= 4 is 0 Å². The van der Waals surface area contributed by atoms with Crippen LogP contribution in [-0.2, 0) is 5.54 Å². The van der Waals surface area contributed by atoms with E-state index in [1.54, 1.807) is 12.1 Å². The number of hydrogen-bond donors (Lipinski definition) is 1. The second kappa shape index (κ2) is 7.98. The monoisotopic (exact) mass is 276 g/mol. The smallest absolute Gasteiger partial charge is 0.123 e. The molecule has 0 bridgehead atoms. The van der Waals surface area contributed by atoms with E-state index in [9.17, 15) is 4.39 Å². The van der Waals surface area contributed by atoms with Crippen molar-refractivity contribution in [3.05, 3.63) is 61.0 Å². The van der Waals surface area contributed by atoms with Gasteiger partial charge in [-0.25, -0.2) is 4.39 Å². The lowest BCUT2D eigenvalue weighted by atomic mass is 9.86. The van der Waals surface area contributed by atoms with E-state index in [-0.39, 0.29) is 5.82 Å². The quantitative estimate of drug-likeness (QED) is 0.700. The minimum atomic E-state index is -0.478. The first-order chi connectivity index (χ1) is 9.55. The summed E-state index contributed by atoms with van der Waals surface area (Å²) < 4.78 is 13.1. The predicted molar refractivity (Wildman–Crippen MR) is 84.0 cm³/mol. The van der Waals surface area contributed by atoms with Gasteiger partial charge in [-0.15, -0.1) is 13.2 Å². The highest BCUT2D eigenvalue weighted by molar-refractivity contribution is 5.25. The van der Waals surface area contributed by atoms with Gasteiger partial charge >= 0.3 is 0 Å². The maximum Gasteiger partial charge on any atom is 0.123 e. The molecular formula is C17H25FN2. The Morgan fingerprint density at radius 1 is 1.20 bits per heavy atom. The van der Waals surface area contributed by atoms with Crippen LogP contribution >= 0.6 is 0 Å². The lowest BCUT2D eigenvalue weighted by Crippen LogP contribution is -2.47. The minimum absolute atomic E-state index is 0.235. The Bertz CT molecular complexity index is 417. The topological polar surface area (TPSA) is 29.3 Å². The molecule has 3 heteroatoms. The van der Waals surface area contributed by atoms with Crippen molar-refractivity contribution in [2.75, 3.05) is 19.6 Å². The Hall–Kier alpha value is -1.45. The molecule has 0 heterocycles. The summed E-state index contributed by atoms with van der Waals surface area (Å²) in [6.07, 6.45) is 5.55. The zero-order valence-electron chi connectivity index (χ0n) is 12.3. The normalized spacial score (nSPS) is 14.0. The third-order valence-electron chi connectivity index (χ3n) is 3.40. The molecule has 1 rings (SSSR count). The molecule has 0 amide bonds. The first-order valence-corrected chi connectivity index (χ1v) is 7.04. The van der Waals surface area contributed by atoms with Crippen molar-refractivity contribution in [2.24, 2.45) is 5.73 Å². The van der Waals surface area contributed by atoms with Crippen LogP contribution in [0.2, 0.25) is 0 Å². The molecule has 0 spiro atoms. The number of halogens is 1. The molecule has 20 heavy (non-hydrogen) atoms. The number of benzene rings is 1. The molecule has 0 saturated carbocycles. The Kier molecular flexibility index (Phi) is 6.62. The third-order valence-corrected chi connectivity index (χ3v) is 3.40. The van der Waals surface area contributed by atoms with Gasteiger partial charge in [-0.05, 0) is 24.1 Å². The molecule has 1 aromatic rings. The maximum absolute atomic E-state index is 13.1. The van der Waals surface area contributed by atoms with Gasteiger partial charge < -0.3 is 5.73 Å². The molecule has 1 atom stereocenters. The molecule has 0 saturated heterocycles. The molecule has 2 N–H and O–H groups in total. The van der Waals surface area contributed by atoms with Crippen molar-refractivity contribution in [3.63, 3.8) is 0 Å². The van der Waals surface area contributed by atoms with E-state index >= 15 is 0 Å². The number of nitrogens with zero attached hydrogens (tertiary/aromatic N) is 1. The van der Waals surface area contributed by atoms with Crippen LogP contribution in [0.5, 0.6) is 0 Å². The van der Waals surface area contributed by atoms with E-state index in [0.29, 0.717) is 6.54 Å². The highest BCUT2D eigenvalue weighted by Gasteiger charge is 2.28. The molecule has 0 aliphatic heterocycles. The molecule has 0 aliphatic rings.